The lowest BCUT2D eigenvalue weighted by Crippen LogP contribution is -2.29. The predicted molar refractivity (Wildman–Crippen MR) is 68.1 cm³/mol. The topological polar surface area (TPSA) is 55.9 Å². The van der Waals surface area contributed by atoms with E-state index in [2.05, 4.69) is 10.5 Å². The molecule has 3 N–H and O–H groups in total. The van der Waals surface area contributed by atoms with Gasteiger partial charge in [-0.2, -0.15) is 5.10 Å². The number of benzene rings is 1. The molecule has 0 aliphatic rings. The summed E-state index contributed by atoms with van der Waals surface area (Å²) in [7, 11) is 1.89. The van der Waals surface area contributed by atoms with E-state index in [-0.39, 0.29) is 11.9 Å². The van der Waals surface area contributed by atoms with E-state index in [0.717, 1.165) is 16.8 Å². The lowest BCUT2D eigenvalue weighted by atomic mass is 10.00. The molecule has 0 fully saturated rings. The van der Waals surface area contributed by atoms with Crippen LogP contribution < -0.4 is 11.3 Å². The number of aromatic nitrogens is 2. The van der Waals surface area contributed by atoms with E-state index < -0.39 is 0 Å². The largest absolute Gasteiger partial charge is 0.273 e. The second kappa shape index (κ2) is 5.29. The Morgan fingerprint density at radius 3 is 2.56 bits per heavy atom. The standard InChI is InChI=1S/C13H17FN4/c1-9-12(8-16-18(9)2)13(17-15)7-10-3-5-11(14)6-4-10/h3-6,8,13,17H,7,15H2,1-2H3. The number of nitrogens with one attached hydrogen (secondary N) is 1. The molecule has 5 heteroatoms. The van der Waals surface area contributed by atoms with Gasteiger partial charge in [0.15, 0.2) is 0 Å². The Bertz CT molecular complexity index is 518. The van der Waals surface area contributed by atoms with Crippen LogP contribution in [0, 0.1) is 12.7 Å². The van der Waals surface area contributed by atoms with Gasteiger partial charge in [-0.1, -0.05) is 12.1 Å². The maximum atomic E-state index is 12.8. The second-order valence-electron chi connectivity index (χ2n) is 4.36. The van der Waals surface area contributed by atoms with Crippen molar-refractivity contribution in [2.24, 2.45) is 12.9 Å². The maximum absolute atomic E-state index is 12.8. The third-order valence-electron chi connectivity index (χ3n) is 3.20. The molecule has 1 heterocycles. The first-order valence-electron chi connectivity index (χ1n) is 5.81. The summed E-state index contributed by atoms with van der Waals surface area (Å²) >= 11 is 0. The van der Waals surface area contributed by atoms with Gasteiger partial charge in [-0.25, -0.2) is 4.39 Å². The van der Waals surface area contributed by atoms with Gasteiger partial charge < -0.3 is 0 Å². The molecule has 0 amide bonds. The molecule has 0 aliphatic heterocycles. The Morgan fingerprint density at radius 1 is 1.39 bits per heavy atom. The molecule has 1 aromatic heterocycles. The second-order valence-corrected chi connectivity index (χ2v) is 4.36. The Hall–Kier alpha value is -1.72. The van der Waals surface area contributed by atoms with E-state index in [1.807, 2.05) is 24.9 Å². The zero-order valence-corrected chi connectivity index (χ0v) is 10.5. The van der Waals surface area contributed by atoms with Crippen molar-refractivity contribution in [2.45, 2.75) is 19.4 Å². The van der Waals surface area contributed by atoms with Gasteiger partial charge in [0, 0.05) is 18.3 Å². The number of rotatable bonds is 4. The fourth-order valence-corrected chi connectivity index (χ4v) is 1.97. The minimum Gasteiger partial charge on any atom is -0.273 e. The van der Waals surface area contributed by atoms with Crippen LogP contribution in [0.25, 0.3) is 0 Å². The van der Waals surface area contributed by atoms with Crippen LogP contribution >= 0.6 is 0 Å². The van der Waals surface area contributed by atoms with Crippen molar-refractivity contribution in [1.82, 2.24) is 15.2 Å². The predicted octanol–water partition coefficient (Wildman–Crippen LogP) is 1.61. The van der Waals surface area contributed by atoms with Crippen LogP contribution in [0.2, 0.25) is 0 Å². The number of hydrogen-bond acceptors (Lipinski definition) is 3. The van der Waals surface area contributed by atoms with E-state index in [4.69, 9.17) is 5.84 Å². The highest BCUT2D eigenvalue weighted by atomic mass is 19.1. The average molecular weight is 248 g/mol. The quantitative estimate of drug-likeness (QED) is 0.638. The van der Waals surface area contributed by atoms with E-state index in [0.29, 0.717) is 6.42 Å². The molecule has 2 aromatic rings. The van der Waals surface area contributed by atoms with Crippen molar-refractivity contribution in [2.75, 3.05) is 0 Å². The maximum Gasteiger partial charge on any atom is 0.123 e. The Labute approximate surface area is 106 Å². The van der Waals surface area contributed by atoms with Gasteiger partial charge in [-0.05, 0) is 31.0 Å². The van der Waals surface area contributed by atoms with E-state index >= 15 is 0 Å². The Kier molecular flexibility index (Phi) is 3.74. The summed E-state index contributed by atoms with van der Waals surface area (Å²) in [5, 5.41) is 4.20. The van der Waals surface area contributed by atoms with Crippen LogP contribution in [0.5, 0.6) is 0 Å². The van der Waals surface area contributed by atoms with Gasteiger partial charge in [-0.3, -0.25) is 16.0 Å². The molecule has 18 heavy (non-hydrogen) atoms. The molecule has 0 saturated carbocycles. The molecule has 0 radical (unpaired) electrons. The van der Waals surface area contributed by atoms with E-state index in [1.54, 1.807) is 12.1 Å². The molecule has 0 spiro atoms. The summed E-state index contributed by atoms with van der Waals surface area (Å²) in [6, 6.07) is 6.43. The summed E-state index contributed by atoms with van der Waals surface area (Å²) in [6.07, 6.45) is 2.51. The number of halogens is 1. The summed E-state index contributed by atoms with van der Waals surface area (Å²) in [6.45, 7) is 2.00. The van der Waals surface area contributed by atoms with Crippen molar-refractivity contribution < 1.29 is 4.39 Å². The summed E-state index contributed by atoms with van der Waals surface area (Å²) < 4.78 is 14.7. The third-order valence-corrected chi connectivity index (χ3v) is 3.20. The molecular formula is C13H17FN4. The fourth-order valence-electron chi connectivity index (χ4n) is 1.97. The van der Waals surface area contributed by atoms with Gasteiger partial charge in [0.2, 0.25) is 0 Å². The first kappa shape index (κ1) is 12.7. The Balaban J connectivity index is 2.19. The fraction of sp³-hybridized carbons (Fsp3) is 0.308. The number of aryl methyl sites for hydroxylation is 1. The zero-order valence-electron chi connectivity index (χ0n) is 10.5. The molecule has 2 rings (SSSR count). The monoisotopic (exact) mass is 248 g/mol. The number of hydrazine groups is 1. The SMILES string of the molecule is Cc1c(C(Cc2ccc(F)cc2)NN)cnn1C. The minimum absolute atomic E-state index is 0.0239. The smallest absolute Gasteiger partial charge is 0.123 e. The van der Waals surface area contributed by atoms with Crippen molar-refractivity contribution >= 4 is 0 Å². The van der Waals surface area contributed by atoms with Crippen molar-refractivity contribution in [3.8, 4) is 0 Å². The van der Waals surface area contributed by atoms with Crippen molar-refractivity contribution in [1.29, 1.82) is 0 Å². The van der Waals surface area contributed by atoms with Crippen LogP contribution in [-0.4, -0.2) is 9.78 Å². The summed E-state index contributed by atoms with van der Waals surface area (Å²) in [5.74, 6) is 5.37. The number of nitrogens with zero attached hydrogens (tertiary/aromatic N) is 2. The van der Waals surface area contributed by atoms with Crippen LogP contribution in [-0.2, 0) is 13.5 Å². The van der Waals surface area contributed by atoms with Gasteiger partial charge in [0.25, 0.3) is 0 Å². The molecule has 1 unspecified atom stereocenters. The average Bonchev–Trinajstić information content (AvgIpc) is 2.70. The normalized spacial score (nSPS) is 12.7. The highest BCUT2D eigenvalue weighted by Gasteiger charge is 2.15. The van der Waals surface area contributed by atoms with Gasteiger partial charge in [0.05, 0.1) is 12.2 Å². The zero-order chi connectivity index (χ0) is 13.1. The first-order chi connectivity index (χ1) is 8.61. The van der Waals surface area contributed by atoms with E-state index in [9.17, 15) is 4.39 Å². The van der Waals surface area contributed by atoms with Crippen molar-refractivity contribution in [3.63, 3.8) is 0 Å². The molecule has 0 aliphatic carbocycles. The van der Waals surface area contributed by atoms with Gasteiger partial charge in [0.1, 0.15) is 5.82 Å². The van der Waals surface area contributed by atoms with Crippen LogP contribution in [0.4, 0.5) is 4.39 Å². The third kappa shape index (κ3) is 2.57. The summed E-state index contributed by atoms with van der Waals surface area (Å²) in [4.78, 5) is 0. The van der Waals surface area contributed by atoms with Gasteiger partial charge in [-0.15, -0.1) is 0 Å². The molecule has 1 atom stereocenters. The molecule has 0 bridgehead atoms. The number of hydrogen-bond donors (Lipinski definition) is 2. The van der Waals surface area contributed by atoms with Crippen LogP contribution in [0.3, 0.4) is 0 Å². The van der Waals surface area contributed by atoms with E-state index in [1.165, 1.54) is 12.1 Å². The highest BCUT2D eigenvalue weighted by molar-refractivity contribution is 5.25. The van der Waals surface area contributed by atoms with Crippen LogP contribution in [0.15, 0.2) is 30.5 Å². The minimum atomic E-state index is -0.228. The number of nitrogens with two attached hydrogens (primary N) is 1. The molecule has 4 nitrogen and oxygen atoms in total. The van der Waals surface area contributed by atoms with Gasteiger partial charge >= 0.3 is 0 Å². The lowest BCUT2D eigenvalue weighted by Gasteiger charge is -2.15. The Morgan fingerprint density at radius 2 is 2.06 bits per heavy atom. The first-order valence-corrected chi connectivity index (χ1v) is 5.81. The lowest BCUT2D eigenvalue weighted by molar-refractivity contribution is 0.547. The molecule has 1 aromatic carbocycles. The highest BCUT2D eigenvalue weighted by Crippen LogP contribution is 2.20. The summed E-state index contributed by atoms with van der Waals surface area (Å²) in [5.41, 5.74) is 5.95. The molecule has 0 saturated heterocycles. The van der Waals surface area contributed by atoms with Crippen molar-refractivity contribution in [3.05, 3.63) is 53.1 Å². The van der Waals surface area contributed by atoms with Crippen LogP contribution in [0.1, 0.15) is 22.9 Å². The molecular weight excluding hydrogens is 231 g/mol. The molecule has 96 valence electrons.